The lowest BCUT2D eigenvalue weighted by molar-refractivity contribution is -0.120. The number of carbonyl (C=O) groups excluding carboxylic acids is 1. The molecule has 1 aromatic heterocycles. The zero-order valence-electron chi connectivity index (χ0n) is 11.1. The first-order valence-corrected chi connectivity index (χ1v) is 6.16. The van der Waals surface area contributed by atoms with Gasteiger partial charge in [-0.25, -0.2) is 5.43 Å². The molecule has 2 rings (SSSR count). The maximum atomic E-state index is 11.8. The predicted octanol–water partition coefficient (Wildman–Crippen LogP) is 2.32. The van der Waals surface area contributed by atoms with Crippen LogP contribution in [-0.2, 0) is 11.2 Å². The molecule has 0 bridgehead atoms. The lowest BCUT2D eigenvalue weighted by Crippen LogP contribution is -2.20. The molecule has 4 heteroatoms. The van der Waals surface area contributed by atoms with E-state index in [1.165, 1.54) is 0 Å². The monoisotopic (exact) mass is 255 g/mol. The number of H-pyrrole nitrogens is 1. The summed E-state index contributed by atoms with van der Waals surface area (Å²) in [7, 11) is 0. The fourth-order valence-corrected chi connectivity index (χ4v) is 1.80. The maximum absolute atomic E-state index is 11.8. The second-order valence-electron chi connectivity index (χ2n) is 4.53. The van der Waals surface area contributed by atoms with Gasteiger partial charge in [0.25, 0.3) is 0 Å². The number of nitrogens with zero attached hydrogens (tertiary/aromatic N) is 1. The van der Waals surface area contributed by atoms with Crippen LogP contribution in [0.25, 0.3) is 0 Å². The van der Waals surface area contributed by atoms with Crippen LogP contribution in [0.3, 0.4) is 0 Å². The highest BCUT2D eigenvalue weighted by atomic mass is 16.2. The summed E-state index contributed by atoms with van der Waals surface area (Å²) >= 11 is 0. The highest BCUT2D eigenvalue weighted by Crippen LogP contribution is 2.11. The number of aryl methyl sites for hydroxylation is 2. The van der Waals surface area contributed by atoms with Gasteiger partial charge in [0.15, 0.2) is 0 Å². The van der Waals surface area contributed by atoms with Gasteiger partial charge in [0.1, 0.15) is 0 Å². The number of benzene rings is 1. The van der Waals surface area contributed by atoms with Crippen LogP contribution >= 0.6 is 0 Å². The second kappa shape index (κ2) is 6.00. The second-order valence-corrected chi connectivity index (χ2v) is 4.53. The Kier molecular flexibility index (Phi) is 4.13. The van der Waals surface area contributed by atoms with E-state index in [9.17, 15) is 4.79 Å². The third-order valence-corrected chi connectivity index (χ3v) is 2.87. The zero-order chi connectivity index (χ0) is 13.7. The fraction of sp³-hybridized carbons (Fsp3) is 0.200. The molecule has 0 fully saturated rings. The van der Waals surface area contributed by atoms with Crippen molar-refractivity contribution in [3.63, 3.8) is 0 Å². The normalized spacial score (nSPS) is 10.8. The Hall–Kier alpha value is -2.36. The third kappa shape index (κ3) is 3.81. The summed E-state index contributed by atoms with van der Waals surface area (Å²) in [5.41, 5.74) is 6.69. The smallest absolute Gasteiger partial charge is 0.244 e. The van der Waals surface area contributed by atoms with Crippen LogP contribution in [0.5, 0.6) is 0 Å². The first-order chi connectivity index (χ1) is 9.15. The SMILES string of the molecule is Cc1ccc(C)c(CC(=O)N/N=C\c2ccc[nH]2)c1. The van der Waals surface area contributed by atoms with Crippen LogP contribution in [0.15, 0.2) is 41.6 Å². The third-order valence-electron chi connectivity index (χ3n) is 2.87. The molecule has 1 amide bonds. The van der Waals surface area contributed by atoms with Crippen molar-refractivity contribution in [3.8, 4) is 0 Å². The highest BCUT2D eigenvalue weighted by Gasteiger charge is 2.05. The van der Waals surface area contributed by atoms with Crippen molar-refractivity contribution < 1.29 is 4.79 Å². The molecule has 19 heavy (non-hydrogen) atoms. The molecule has 0 saturated heterocycles. The molecule has 98 valence electrons. The highest BCUT2D eigenvalue weighted by molar-refractivity contribution is 5.82. The minimum absolute atomic E-state index is 0.114. The molecule has 4 nitrogen and oxygen atoms in total. The number of hydrogen-bond donors (Lipinski definition) is 2. The predicted molar refractivity (Wildman–Crippen MR) is 76.1 cm³/mol. The first-order valence-electron chi connectivity index (χ1n) is 6.16. The van der Waals surface area contributed by atoms with E-state index in [0.717, 1.165) is 22.4 Å². The van der Waals surface area contributed by atoms with Crippen LogP contribution in [-0.4, -0.2) is 17.1 Å². The van der Waals surface area contributed by atoms with E-state index in [2.05, 4.69) is 15.5 Å². The summed E-state index contributed by atoms with van der Waals surface area (Å²) in [5, 5.41) is 3.91. The average Bonchev–Trinajstić information content (AvgIpc) is 2.87. The number of carbonyl (C=O) groups is 1. The molecule has 0 spiro atoms. The maximum Gasteiger partial charge on any atom is 0.244 e. The molecule has 2 aromatic rings. The molecular weight excluding hydrogens is 238 g/mol. The molecule has 0 atom stereocenters. The molecule has 1 heterocycles. The van der Waals surface area contributed by atoms with Crippen LogP contribution in [0.4, 0.5) is 0 Å². The summed E-state index contributed by atoms with van der Waals surface area (Å²) < 4.78 is 0. The van der Waals surface area contributed by atoms with E-state index in [1.807, 2.05) is 44.2 Å². The summed E-state index contributed by atoms with van der Waals surface area (Å²) in [6.07, 6.45) is 3.73. The summed E-state index contributed by atoms with van der Waals surface area (Å²) in [6.45, 7) is 4.02. The van der Waals surface area contributed by atoms with Gasteiger partial charge in [0.05, 0.1) is 18.3 Å². The van der Waals surface area contributed by atoms with E-state index >= 15 is 0 Å². The van der Waals surface area contributed by atoms with Gasteiger partial charge in [-0.3, -0.25) is 4.79 Å². The quantitative estimate of drug-likeness (QED) is 0.639. The van der Waals surface area contributed by atoms with Crippen molar-refractivity contribution in [1.29, 1.82) is 0 Å². The van der Waals surface area contributed by atoms with Crippen LogP contribution < -0.4 is 5.43 Å². The Balaban J connectivity index is 1.92. The number of nitrogens with one attached hydrogen (secondary N) is 2. The van der Waals surface area contributed by atoms with E-state index in [4.69, 9.17) is 0 Å². The standard InChI is InChI=1S/C15H17N3O/c1-11-5-6-12(2)13(8-11)9-15(19)18-17-10-14-4-3-7-16-14/h3-8,10,16H,9H2,1-2H3,(H,18,19)/b17-10-. The van der Waals surface area contributed by atoms with Crippen LogP contribution in [0, 0.1) is 13.8 Å². The van der Waals surface area contributed by atoms with Gasteiger partial charge < -0.3 is 4.98 Å². The van der Waals surface area contributed by atoms with Gasteiger partial charge in [-0.15, -0.1) is 0 Å². The van der Waals surface area contributed by atoms with E-state index < -0.39 is 0 Å². The minimum Gasteiger partial charge on any atom is -0.360 e. The Morgan fingerprint density at radius 3 is 2.95 bits per heavy atom. The molecule has 0 saturated carbocycles. The number of hydrazone groups is 1. The van der Waals surface area contributed by atoms with Gasteiger partial charge in [-0.2, -0.15) is 5.10 Å². The average molecular weight is 255 g/mol. The fourth-order valence-electron chi connectivity index (χ4n) is 1.80. The van der Waals surface area contributed by atoms with Gasteiger partial charge in [0, 0.05) is 6.20 Å². The van der Waals surface area contributed by atoms with Crippen molar-refractivity contribution in [1.82, 2.24) is 10.4 Å². The van der Waals surface area contributed by atoms with Gasteiger partial charge in [-0.05, 0) is 37.1 Å². The molecule has 0 unspecified atom stereocenters. The van der Waals surface area contributed by atoms with Crippen molar-refractivity contribution >= 4 is 12.1 Å². The number of hydrogen-bond acceptors (Lipinski definition) is 2. The Bertz CT molecular complexity index is 585. The van der Waals surface area contributed by atoms with Crippen molar-refractivity contribution in [2.75, 3.05) is 0 Å². The van der Waals surface area contributed by atoms with E-state index in [0.29, 0.717) is 6.42 Å². The number of amides is 1. The molecule has 0 aliphatic carbocycles. The van der Waals surface area contributed by atoms with Crippen molar-refractivity contribution in [2.24, 2.45) is 5.10 Å². The largest absolute Gasteiger partial charge is 0.360 e. The first kappa shape index (κ1) is 13.1. The summed E-state index contributed by atoms with van der Waals surface area (Å²) in [5.74, 6) is -0.114. The number of rotatable bonds is 4. The number of aromatic amines is 1. The topological polar surface area (TPSA) is 57.2 Å². The van der Waals surface area contributed by atoms with Crippen LogP contribution in [0.1, 0.15) is 22.4 Å². The van der Waals surface area contributed by atoms with Crippen LogP contribution in [0.2, 0.25) is 0 Å². The van der Waals surface area contributed by atoms with Gasteiger partial charge in [0.2, 0.25) is 5.91 Å². The lowest BCUT2D eigenvalue weighted by atomic mass is 10.0. The molecule has 0 aliphatic heterocycles. The minimum atomic E-state index is -0.114. The molecule has 2 N–H and O–H groups in total. The summed E-state index contributed by atoms with van der Waals surface area (Å²) in [6, 6.07) is 9.85. The Labute approximate surface area is 112 Å². The van der Waals surface area contributed by atoms with E-state index in [1.54, 1.807) is 12.4 Å². The Morgan fingerprint density at radius 2 is 2.21 bits per heavy atom. The molecule has 0 aliphatic rings. The lowest BCUT2D eigenvalue weighted by Gasteiger charge is -2.05. The van der Waals surface area contributed by atoms with E-state index in [-0.39, 0.29) is 5.91 Å². The number of aromatic nitrogens is 1. The van der Waals surface area contributed by atoms with Crippen molar-refractivity contribution in [2.45, 2.75) is 20.3 Å². The molecule has 0 radical (unpaired) electrons. The molecular formula is C15H17N3O. The zero-order valence-corrected chi connectivity index (χ0v) is 11.1. The summed E-state index contributed by atoms with van der Waals surface area (Å²) in [4.78, 5) is 14.7. The molecule has 1 aromatic carbocycles. The Morgan fingerprint density at radius 1 is 1.37 bits per heavy atom. The van der Waals surface area contributed by atoms with Crippen molar-refractivity contribution in [3.05, 3.63) is 58.9 Å². The van der Waals surface area contributed by atoms with Gasteiger partial charge in [-0.1, -0.05) is 23.8 Å². The van der Waals surface area contributed by atoms with Gasteiger partial charge >= 0.3 is 0 Å².